The number of phenols is 1. The first-order chi connectivity index (χ1) is 12.8. The van der Waals surface area contributed by atoms with Crippen molar-refractivity contribution in [3.05, 3.63) is 64.8 Å². The molecule has 0 saturated carbocycles. The summed E-state index contributed by atoms with van der Waals surface area (Å²) in [5, 5.41) is 11.2. The summed E-state index contributed by atoms with van der Waals surface area (Å²) < 4.78 is 43.1. The van der Waals surface area contributed by atoms with Crippen molar-refractivity contribution in [2.75, 3.05) is 6.61 Å². The molecule has 0 aliphatic heterocycles. The van der Waals surface area contributed by atoms with Crippen LogP contribution in [0.5, 0.6) is 11.5 Å². The minimum Gasteiger partial charge on any atom is -0.507 e. The van der Waals surface area contributed by atoms with Crippen molar-refractivity contribution in [2.24, 2.45) is 0 Å². The summed E-state index contributed by atoms with van der Waals surface area (Å²) in [4.78, 5) is 11.4. The molecule has 0 aliphatic carbocycles. The lowest BCUT2D eigenvalue weighted by atomic mass is 10.0. The van der Waals surface area contributed by atoms with E-state index >= 15 is 0 Å². The quantitative estimate of drug-likeness (QED) is 0.686. The molecule has 0 bridgehead atoms. The van der Waals surface area contributed by atoms with Crippen LogP contribution in [-0.4, -0.2) is 25.9 Å². The maximum absolute atomic E-state index is 13.2. The second kappa shape index (κ2) is 8.81. The monoisotopic (exact) mass is 392 g/mol. The summed E-state index contributed by atoms with van der Waals surface area (Å²) >= 11 is 0. The molecule has 1 N–H and O–H groups in total. The summed E-state index contributed by atoms with van der Waals surface area (Å²) in [7, 11) is -3.78. The fourth-order valence-corrected chi connectivity index (χ4v) is 3.59. The van der Waals surface area contributed by atoms with E-state index < -0.39 is 15.7 Å². The third-order valence-corrected chi connectivity index (χ3v) is 5.32. The third kappa shape index (κ3) is 5.17. The van der Waals surface area contributed by atoms with Gasteiger partial charge >= 0.3 is 0 Å². The molecule has 2 aromatic carbocycles. The summed E-state index contributed by atoms with van der Waals surface area (Å²) in [5.74, 6) is -0.617. The first-order valence-electron chi connectivity index (χ1n) is 8.42. The molecule has 0 spiro atoms. The van der Waals surface area contributed by atoms with Crippen molar-refractivity contribution in [1.82, 2.24) is 0 Å². The average molecular weight is 392 g/mol. The fourth-order valence-electron chi connectivity index (χ4n) is 2.56. The number of Topliss-reactive ketones (excluding diaryl/α,β-unsaturated/α-hetero) is 1. The molecule has 0 atom stereocenters. The molecule has 0 amide bonds. The molecule has 2 rings (SSSR count). The number of halogens is 1. The minimum atomic E-state index is -3.78. The molecule has 5 nitrogen and oxygen atoms in total. The Morgan fingerprint density at radius 2 is 2.00 bits per heavy atom. The number of aromatic hydroxyl groups is 1. The minimum absolute atomic E-state index is 0.0654. The van der Waals surface area contributed by atoms with Gasteiger partial charge in [-0.3, -0.25) is 4.79 Å². The zero-order valence-electron chi connectivity index (χ0n) is 15.1. The van der Waals surface area contributed by atoms with Crippen molar-refractivity contribution in [3.63, 3.8) is 0 Å². The topological polar surface area (TPSA) is 80.7 Å². The molecule has 0 heterocycles. The SMILES string of the molecule is CCCc1c(OC/C=C\S(=O)(=O)c2cccc(F)c2)ccc(C(C)=O)c1O. The molecule has 0 aromatic heterocycles. The Balaban J connectivity index is 2.16. The van der Waals surface area contributed by atoms with E-state index in [-0.39, 0.29) is 28.6 Å². The van der Waals surface area contributed by atoms with Crippen LogP contribution >= 0.6 is 0 Å². The molecular formula is C20H21FO5S. The van der Waals surface area contributed by atoms with Gasteiger partial charge in [-0.1, -0.05) is 19.4 Å². The average Bonchev–Trinajstić information content (AvgIpc) is 2.61. The van der Waals surface area contributed by atoms with E-state index in [1.165, 1.54) is 31.2 Å². The highest BCUT2D eigenvalue weighted by Gasteiger charge is 2.16. The summed E-state index contributed by atoms with van der Waals surface area (Å²) in [5.41, 5.74) is 0.724. The van der Waals surface area contributed by atoms with Gasteiger partial charge in [0.05, 0.1) is 10.5 Å². The smallest absolute Gasteiger partial charge is 0.199 e. The van der Waals surface area contributed by atoms with E-state index in [2.05, 4.69) is 0 Å². The lowest BCUT2D eigenvalue weighted by Crippen LogP contribution is -2.03. The Morgan fingerprint density at radius 3 is 2.63 bits per heavy atom. The van der Waals surface area contributed by atoms with Gasteiger partial charge in [0.25, 0.3) is 0 Å². The van der Waals surface area contributed by atoms with Crippen LogP contribution in [0.3, 0.4) is 0 Å². The first-order valence-corrected chi connectivity index (χ1v) is 9.96. The lowest BCUT2D eigenvalue weighted by Gasteiger charge is -2.13. The molecule has 0 saturated heterocycles. The molecule has 0 radical (unpaired) electrons. The van der Waals surface area contributed by atoms with E-state index in [1.54, 1.807) is 6.07 Å². The van der Waals surface area contributed by atoms with Gasteiger partial charge in [-0.25, -0.2) is 12.8 Å². The highest BCUT2D eigenvalue weighted by atomic mass is 32.2. The summed E-state index contributed by atoms with van der Waals surface area (Å²) in [6.45, 7) is 3.23. The zero-order chi connectivity index (χ0) is 20.0. The van der Waals surface area contributed by atoms with Crippen LogP contribution in [0, 0.1) is 5.82 Å². The molecule has 27 heavy (non-hydrogen) atoms. The Hall–Kier alpha value is -2.67. The van der Waals surface area contributed by atoms with Gasteiger partial charge in [-0.2, -0.15) is 0 Å². The number of benzene rings is 2. The number of carbonyl (C=O) groups excluding carboxylic acids is 1. The Kier molecular flexibility index (Phi) is 6.74. The van der Waals surface area contributed by atoms with Gasteiger partial charge in [0.1, 0.15) is 23.9 Å². The van der Waals surface area contributed by atoms with E-state index in [9.17, 15) is 22.7 Å². The Bertz CT molecular complexity index is 964. The van der Waals surface area contributed by atoms with Gasteiger partial charge in [0.2, 0.25) is 0 Å². The van der Waals surface area contributed by atoms with Crippen molar-refractivity contribution < 1.29 is 27.4 Å². The van der Waals surface area contributed by atoms with Crippen LogP contribution in [0.25, 0.3) is 0 Å². The molecule has 0 unspecified atom stereocenters. The molecule has 2 aromatic rings. The van der Waals surface area contributed by atoms with Crippen LogP contribution in [0.2, 0.25) is 0 Å². The van der Waals surface area contributed by atoms with Crippen LogP contribution in [0.4, 0.5) is 4.39 Å². The van der Waals surface area contributed by atoms with E-state index in [0.29, 0.717) is 17.7 Å². The van der Waals surface area contributed by atoms with Crippen molar-refractivity contribution >= 4 is 15.6 Å². The van der Waals surface area contributed by atoms with Crippen molar-refractivity contribution in [1.29, 1.82) is 0 Å². The number of rotatable bonds is 8. The van der Waals surface area contributed by atoms with Gasteiger partial charge in [-0.15, -0.1) is 0 Å². The molecule has 0 fully saturated rings. The number of carbonyl (C=O) groups is 1. The largest absolute Gasteiger partial charge is 0.507 e. The summed E-state index contributed by atoms with van der Waals surface area (Å²) in [6.07, 6.45) is 2.54. The van der Waals surface area contributed by atoms with Crippen molar-refractivity contribution in [3.8, 4) is 11.5 Å². The number of hydrogen-bond acceptors (Lipinski definition) is 5. The number of sulfone groups is 1. The maximum atomic E-state index is 13.2. The predicted molar refractivity (Wildman–Crippen MR) is 100 cm³/mol. The normalized spacial score (nSPS) is 11.7. The first kappa shape index (κ1) is 20.6. The Labute approximate surface area is 158 Å². The fraction of sp³-hybridized carbons (Fsp3) is 0.250. The van der Waals surface area contributed by atoms with Gasteiger partial charge in [0, 0.05) is 11.0 Å². The van der Waals surface area contributed by atoms with Gasteiger partial charge in [0.15, 0.2) is 15.6 Å². The van der Waals surface area contributed by atoms with Crippen LogP contribution in [0.1, 0.15) is 36.2 Å². The van der Waals surface area contributed by atoms with Crippen LogP contribution in [0.15, 0.2) is 52.8 Å². The van der Waals surface area contributed by atoms with Gasteiger partial charge < -0.3 is 9.84 Å². The van der Waals surface area contributed by atoms with Crippen LogP contribution < -0.4 is 4.74 Å². The summed E-state index contributed by atoms with van der Waals surface area (Å²) in [6, 6.07) is 7.79. The van der Waals surface area contributed by atoms with Crippen LogP contribution in [-0.2, 0) is 16.3 Å². The van der Waals surface area contributed by atoms with E-state index in [4.69, 9.17) is 4.74 Å². The molecule has 7 heteroatoms. The maximum Gasteiger partial charge on any atom is 0.199 e. The second-order valence-corrected chi connectivity index (χ2v) is 7.76. The Morgan fingerprint density at radius 1 is 1.26 bits per heavy atom. The van der Waals surface area contributed by atoms with Crippen molar-refractivity contribution in [2.45, 2.75) is 31.6 Å². The second-order valence-electron chi connectivity index (χ2n) is 5.93. The highest BCUT2D eigenvalue weighted by Crippen LogP contribution is 2.33. The van der Waals surface area contributed by atoms with E-state index in [1.807, 2.05) is 6.92 Å². The zero-order valence-corrected chi connectivity index (χ0v) is 15.9. The third-order valence-electron chi connectivity index (χ3n) is 3.85. The standard InChI is InChI=1S/C20H21FO5S/c1-3-6-18-19(10-9-17(14(2)22)20(18)23)26-11-5-12-27(24,25)16-8-4-7-15(21)13-16/h4-5,7-10,12-13,23H,3,6,11H2,1-2H3/b12-5-. The number of phenolic OH excluding ortho intramolecular Hbond substituents is 1. The number of hydrogen-bond donors (Lipinski definition) is 1. The highest BCUT2D eigenvalue weighted by molar-refractivity contribution is 7.94. The number of ketones is 1. The molecule has 0 aliphatic rings. The lowest BCUT2D eigenvalue weighted by molar-refractivity contribution is 0.101. The van der Waals surface area contributed by atoms with E-state index in [0.717, 1.165) is 24.0 Å². The predicted octanol–water partition coefficient (Wildman–Crippen LogP) is 4.05. The molecular weight excluding hydrogens is 371 g/mol. The number of ether oxygens (including phenoxy) is 1. The van der Waals surface area contributed by atoms with Gasteiger partial charge in [-0.05, 0) is 49.8 Å². The molecule has 144 valence electrons.